The molecule has 0 saturated heterocycles. The standard InChI is InChI=1S/C23H22FN5O/c1-14-7-5-6-8-21(14)29-17(4)19(13-25-29)23(30)26-18-9-10-22(20(24)12-18)28-16(3)11-15(2)27-28/h5-13H,1-4H3,(H,26,30). The molecule has 0 aliphatic heterocycles. The number of rotatable bonds is 4. The van der Waals surface area contributed by atoms with E-state index in [1.54, 1.807) is 21.5 Å². The first-order valence-corrected chi connectivity index (χ1v) is 9.60. The highest BCUT2D eigenvalue weighted by molar-refractivity contribution is 6.05. The van der Waals surface area contributed by atoms with Gasteiger partial charge in [-0.3, -0.25) is 4.79 Å². The minimum absolute atomic E-state index is 0.335. The molecule has 0 radical (unpaired) electrons. The van der Waals surface area contributed by atoms with Crippen LogP contribution in [-0.2, 0) is 0 Å². The topological polar surface area (TPSA) is 64.7 Å². The number of halogens is 1. The molecule has 2 heterocycles. The Morgan fingerprint density at radius 2 is 1.73 bits per heavy atom. The van der Waals surface area contributed by atoms with Crippen LogP contribution in [0, 0.1) is 33.5 Å². The van der Waals surface area contributed by atoms with Crippen LogP contribution < -0.4 is 5.32 Å². The highest BCUT2D eigenvalue weighted by atomic mass is 19.1. The van der Waals surface area contributed by atoms with Gasteiger partial charge in [-0.1, -0.05) is 18.2 Å². The van der Waals surface area contributed by atoms with Crippen molar-refractivity contribution in [3.8, 4) is 11.4 Å². The summed E-state index contributed by atoms with van der Waals surface area (Å²) in [6, 6.07) is 14.3. The second kappa shape index (κ2) is 7.59. The highest BCUT2D eigenvalue weighted by Gasteiger charge is 2.17. The Balaban J connectivity index is 1.59. The van der Waals surface area contributed by atoms with Gasteiger partial charge >= 0.3 is 0 Å². The number of aromatic nitrogens is 4. The number of anilines is 1. The van der Waals surface area contributed by atoms with E-state index in [1.807, 2.05) is 58.0 Å². The summed E-state index contributed by atoms with van der Waals surface area (Å²) < 4.78 is 18.0. The monoisotopic (exact) mass is 403 g/mol. The molecule has 152 valence electrons. The van der Waals surface area contributed by atoms with E-state index in [0.29, 0.717) is 22.6 Å². The van der Waals surface area contributed by atoms with Crippen molar-refractivity contribution in [2.75, 3.05) is 5.32 Å². The fourth-order valence-electron chi connectivity index (χ4n) is 3.50. The van der Waals surface area contributed by atoms with Crippen molar-refractivity contribution >= 4 is 11.6 Å². The van der Waals surface area contributed by atoms with Gasteiger partial charge in [0.2, 0.25) is 0 Å². The van der Waals surface area contributed by atoms with E-state index in [0.717, 1.165) is 22.6 Å². The predicted octanol–water partition coefficient (Wildman–Crippen LogP) is 4.68. The van der Waals surface area contributed by atoms with Gasteiger partial charge in [-0.05, 0) is 63.6 Å². The molecule has 0 atom stereocenters. The molecule has 7 heteroatoms. The molecule has 0 aliphatic rings. The van der Waals surface area contributed by atoms with Crippen LogP contribution in [0.3, 0.4) is 0 Å². The van der Waals surface area contributed by atoms with Crippen molar-refractivity contribution in [2.24, 2.45) is 0 Å². The lowest BCUT2D eigenvalue weighted by molar-refractivity contribution is 0.102. The number of para-hydroxylation sites is 1. The molecule has 4 rings (SSSR count). The average molecular weight is 403 g/mol. The summed E-state index contributed by atoms with van der Waals surface area (Å²) in [5.41, 5.74) is 5.45. The summed E-state index contributed by atoms with van der Waals surface area (Å²) in [6.07, 6.45) is 1.53. The first kappa shape index (κ1) is 19.6. The minimum Gasteiger partial charge on any atom is -0.322 e. The third kappa shape index (κ3) is 3.50. The molecule has 1 amide bonds. The van der Waals surface area contributed by atoms with Crippen molar-refractivity contribution in [1.82, 2.24) is 19.6 Å². The van der Waals surface area contributed by atoms with Crippen LogP contribution in [0.25, 0.3) is 11.4 Å². The Hall–Kier alpha value is -3.74. The molecule has 0 bridgehead atoms. The third-order valence-electron chi connectivity index (χ3n) is 5.04. The molecule has 30 heavy (non-hydrogen) atoms. The molecular formula is C23H22FN5O. The highest BCUT2D eigenvalue weighted by Crippen LogP contribution is 2.22. The van der Waals surface area contributed by atoms with Crippen molar-refractivity contribution in [1.29, 1.82) is 0 Å². The van der Waals surface area contributed by atoms with Crippen molar-refractivity contribution in [2.45, 2.75) is 27.7 Å². The summed E-state index contributed by atoms with van der Waals surface area (Å²) in [4.78, 5) is 12.8. The van der Waals surface area contributed by atoms with Gasteiger partial charge in [-0.2, -0.15) is 10.2 Å². The van der Waals surface area contributed by atoms with E-state index < -0.39 is 5.82 Å². The first-order chi connectivity index (χ1) is 14.3. The molecule has 0 unspecified atom stereocenters. The second-order valence-electron chi connectivity index (χ2n) is 7.30. The first-order valence-electron chi connectivity index (χ1n) is 9.60. The quantitative estimate of drug-likeness (QED) is 0.538. The number of amides is 1. The van der Waals surface area contributed by atoms with E-state index in [2.05, 4.69) is 15.5 Å². The lowest BCUT2D eigenvalue weighted by atomic mass is 10.2. The lowest BCUT2D eigenvalue weighted by Gasteiger charge is -2.10. The van der Waals surface area contributed by atoms with Crippen LogP contribution in [-0.4, -0.2) is 25.5 Å². The zero-order valence-corrected chi connectivity index (χ0v) is 17.3. The van der Waals surface area contributed by atoms with Gasteiger partial charge in [0.25, 0.3) is 5.91 Å². The third-order valence-corrected chi connectivity index (χ3v) is 5.04. The molecule has 0 spiro atoms. The van der Waals surface area contributed by atoms with Crippen LogP contribution in [0.1, 0.15) is 33.0 Å². The molecule has 0 fully saturated rings. The van der Waals surface area contributed by atoms with Crippen molar-refractivity contribution in [3.05, 3.63) is 88.8 Å². The maximum Gasteiger partial charge on any atom is 0.259 e. The Kier molecular flexibility index (Phi) is 4.95. The maximum absolute atomic E-state index is 14.7. The van der Waals surface area contributed by atoms with Crippen molar-refractivity contribution < 1.29 is 9.18 Å². The number of carbonyl (C=O) groups is 1. The molecule has 0 aliphatic carbocycles. The summed E-state index contributed by atoms with van der Waals surface area (Å²) in [7, 11) is 0. The largest absolute Gasteiger partial charge is 0.322 e. The molecular weight excluding hydrogens is 381 g/mol. The molecule has 6 nitrogen and oxygen atoms in total. The number of carbonyl (C=O) groups excluding carboxylic acids is 1. The number of hydrogen-bond acceptors (Lipinski definition) is 3. The summed E-state index contributed by atoms with van der Waals surface area (Å²) in [6.45, 7) is 7.55. The molecule has 4 aromatic rings. The summed E-state index contributed by atoms with van der Waals surface area (Å²) in [5.74, 6) is -0.808. The molecule has 2 aromatic heterocycles. The van der Waals surface area contributed by atoms with Gasteiger partial charge in [0.15, 0.2) is 5.82 Å². The summed E-state index contributed by atoms with van der Waals surface area (Å²) in [5, 5.41) is 11.4. The maximum atomic E-state index is 14.7. The Bertz CT molecular complexity index is 1250. The van der Waals surface area contributed by atoms with Gasteiger partial charge in [0.05, 0.1) is 28.8 Å². The average Bonchev–Trinajstić information content (AvgIpc) is 3.24. The van der Waals surface area contributed by atoms with Crippen LogP contribution in [0.5, 0.6) is 0 Å². The normalized spacial score (nSPS) is 11.0. The van der Waals surface area contributed by atoms with E-state index in [-0.39, 0.29) is 5.91 Å². The number of aryl methyl sites for hydroxylation is 3. The van der Waals surface area contributed by atoms with Crippen LogP contribution >= 0.6 is 0 Å². The zero-order chi connectivity index (χ0) is 21.4. The van der Waals surface area contributed by atoms with Gasteiger partial charge in [0.1, 0.15) is 5.69 Å². The predicted molar refractivity (Wildman–Crippen MR) is 114 cm³/mol. The smallest absolute Gasteiger partial charge is 0.259 e. The van der Waals surface area contributed by atoms with E-state index in [9.17, 15) is 9.18 Å². The second-order valence-corrected chi connectivity index (χ2v) is 7.30. The van der Waals surface area contributed by atoms with Gasteiger partial charge in [-0.25, -0.2) is 13.8 Å². The van der Waals surface area contributed by atoms with Gasteiger partial charge in [0, 0.05) is 11.4 Å². The van der Waals surface area contributed by atoms with Crippen molar-refractivity contribution in [3.63, 3.8) is 0 Å². The number of benzene rings is 2. The minimum atomic E-state index is -0.466. The number of nitrogens with one attached hydrogen (secondary N) is 1. The fourth-order valence-corrected chi connectivity index (χ4v) is 3.50. The number of hydrogen-bond donors (Lipinski definition) is 1. The van der Waals surface area contributed by atoms with Crippen LogP contribution in [0.2, 0.25) is 0 Å². The lowest BCUT2D eigenvalue weighted by Crippen LogP contribution is -2.14. The molecule has 2 aromatic carbocycles. The molecule has 1 N–H and O–H groups in total. The Morgan fingerprint density at radius 3 is 2.40 bits per heavy atom. The van der Waals surface area contributed by atoms with E-state index >= 15 is 0 Å². The van der Waals surface area contributed by atoms with Crippen LogP contribution in [0.4, 0.5) is 10.1 Å². The van der Waals surface area contributed by atoms with E-state index in [1.165, 1.54) is 12.3 Å². The Morgan fingerprint density at radius 1 is 0.967 bits per heavy atom. The van der Waals surface area contributed by atoms with Gasteiger partial charge in [-0.15, -0.1) is 0 Å². The summed E-state index contributed by atoms with van der Waals surface area (Å²) >= 11 is 0. The van der Waals surface area contributed by atoms with Crippen LogP contribution in [0.15, 0.2) is 54.7 Å². The molecule has 0 saturated carbocycles. The Labute approximate surface area is 174 Å². The number of nitrogens with zero attached hydrogens (tertiary/aromatic N) is 4. The zero-order valence-electron chi connectivity index (χ0n) is 17.3. The van der Waals surface area contributed by atoms with Gasteiger partial charge < -0.3 is 5.32 Å². The van der Waals surface area contributed by atoms with E-state index in [4.69, 9.17) is 0 Å². The fraction of sp³-hybridized carbons (Fsp3) is 0.174. The SMILES string of the molecule is Cc1cc(C)n(-c2ccc(NC(=O)c3cnn(-c4ccccc4C)c3C)cc2F)n1.